The molecule has 1 atom stereocenters. The lowest BCUT2D eigenvalue weighted by Gasteiger charge is -2.23. The summed E-state index contributed by atoms with van der Waals surface area (Å²) in [5, 5.41) is 8.52. The molecule has 3 nitrogen and oxygen atoms in total. The molecule has 0 bridgehead atoms. The van der Waals surface area contributed by atoms with E-state index < -0.39 is 0 Å². The molecule has 0 N–H and O–H groups in total. The third-order valence-electron chi connectivity index (χ3n) is 2.82. The second-order valence-electron chi connectivity index (χ2n) is 4.07. The first-order valence-electron chi connectivity index (χ1n) is 5.37. The SMILES string of the molecule is Cc1ccc2c(c1)C(=O)C(CCC#N)CO2. The van der Waals surface area contributed by atoms with Gasteiger partial charge in [-0.15, -0.1) is 0 Å². The van der Waals surface area contributed by atoms with Crippen molar-refractivity contribution in [2.75, 3.05) is 6.61 Å². The highest BCUT2D eigenvalue weighted by molar-refractivity contribution is 6.01. The summed E-state index contributed by atoms with van der Waals surface area (Å²) in [5.41, 5.74) is 1.71. The average molecular weight is 215 g/mol. The minimum Gasteiger partial charge on any atom is -0.492 e. The Hall–Kier alpha value is -1.82. The summed E-state index contributed by atoms with van der Waals surface area (Å²) >= 11 is 0. The molecule has 1 unspecified atom stereocenters. The van der Waals surface area contributed by atoms with Crippen LogP contribution in [0, 0.1) is 24.2 Å². The number of aryl methyl sites for hydroxylation is 1. The maximum atomic E-state index is 12.1. The van der Waals surface area contributed by atoms with Gasteiger partial charge in [0.05, 0.1) is 24.2 Å². The van der Waals surface area contributed by atoms with Crippen molar-refractivity contribution in [3.8, 4) is 11.8 Å². The van der Waals surface area contributed by atoms with E-state index >= 15 is 0 Å². The van der Waals surface area contributed by atoms with Crippen LogP contribution in [0.25, 0.3) is 0 Å². The summed E-state index contributed by atoms with van der Waals surface area (Å²) in [6, 6.07) is 7.69. The van der Waals surface area contributed by atoms with Crippen LogP contribution in [0.2, 0.25) is 0 Å². The largest absolute Gasteiger partial charge is 0.492 e. The minimum atomic E-state index is -0.158. The highest BCUT2D eigenvalue weighted by Gasteiger charge is 2.28. The van der Waals surface area contributed by atoms with Crippen LogP contribution in [-0.4, -0.2) is 12.4 Å². The zero-order valence-electron chi connectivity index (χ0n) is 9.19. The van der Waals surface area contributed by atoms with Gasteiger partial charge in [0.15, 0.2) is 5.78 Å². The van der Waals surface area contributed by atoms with Crippen molar-refractivity contribution < 1.29 is 9.53 Å². The molecule has 1 aromatic carbocycles. The number of hydrogen-bond acceptors (Lipinski definition) is 3. The minimum absolute atomic E-state index is 0.111. The summed E-state index contributed by atoms with van der Waals surface area (Å²) in [5.74, 6) is 0.623. The van der Waals surface area contributed by atoms with E-state index in [0.717, 1.165) is 5.56 Å². The normalized spacial score (nSPS) is 18.5. The van der Waals surface area contributed by atoms with Gasteiger partial charge in [0.1, 0.15) is 5.75 Å². The first-order chi connectivity index (χ1) is 7.72. The molecule has 0 saturated heterocycles. The van der Waals surface area contributed by atoms with Gasteiger partial charge in [-0.25, -0.2) is 0 Å². The predicted molar refractivity (Wildman–Crippen MR) is 59.3 cm³/mol. The number of carbonyl (C=O) groups is 1. The first-order valence-corrected chi connectivity index (χ1v) is 5.37. The summed E-state index contributed by atoms with van der Waals surface area (Å²) in [6.45, 7) is 2.35. The van der Waals surface area contributed by atoms with Gasteiger partial charge >= 0.3 is 0 Å². The first kappa shape index (κ1) is 10.7. The quantitative estimate of drug-likeness (QED) is 0.761. The van der Waals surface area contributed by atoms with Gasteiger partial charge in [-0.2, -0.15) is 5.26 Å². The van der Waals surface area contributed by atoms with Crippen LogP contribution in [0.4, 0.5) is 0 Å². The molecule has 2 rings (SSSR count). The van der Waals surface area contributed by atoms with Gasteiger partial charge in [0.2, 0.25) is 0 Å². The highest BCUT2D eigenvalue weighted by atomic mass is 16.5. The van der Waals surface area contributed by atoms with Crippen LogP contribution >= 0.6 is 0 Å². The number of benzene rings is 1. The van der Waals surface area contributed by atoms with Gasteiger partial charge in [-0.05, 0) is 25.5 Å². The Morgan fingerprint density at radius 1 is 1.56 bits per heavy atom. The van der Waals surface area contributed by atoms with Crippen LogP contribution in [0.1, 0.15) is 28.8 Å². The Balaban J connectivity index is 2.24. The molecule has 1 aliphatic rings. The highest BCUT2D eigenvalue weighted by Crippen LogP contribution is 2.29. The maximum absolute atomic E-state index is 12.1. The molecule has 0 radical (unpaired) electrons. The Labute approximate surface area is 94.6 Å². The fraction of sp³-hybridized carbons (Fsp3) is 0.385. The number of fused-ring (bicyclic) bond motifs is 1. The molecular weight excluding hydrogens is 202 g/mol. The van der Waals surface area contributed by atoms with E-state index in [1.807, 2.05) is 25.1 Å². The van der Waals surface area contributed by atoms with Crippen LogP contribution in [0.3, 0.4) is 0 Å². The molecule has 16 heavy (non-hydrogen) atoms. The Bertz CT molecular complexity index is 459. The van der Waals surface area contributed by atoms with E-state index in [2.05, 4.69) is 6.07 Å². The number of rotatable bonds is 2. The summed E-state index contributed by atoms with van der Waals surface area (Å²) in [7, 11) is 0. The fourth-order valence-electron chi connectivity index (χ4n) is 1.90. The number of ketones is 1. The zero-order chi connectivity index (χ0) is 11.5. The molecule has 0 spiro atoms. The fourth-order valence-corrected chi connectivity index (χ4v) is 1.90. The van der Waals surface area contributed by atoms with Crippen LogP contribution in [0.15, 0.2) is 18.2 Å². The number of nitrogens with zero attached hydrogens (tertiary/aromatic N) is 1. The molecule has 1 heterocycles. The van der Waals surface area contributed by atoms with Crippen molar-refractivity contribution in [3.63, 3.8) is 0 Å². The van der Waals surface area contributed by atoms with E-state index in [0.29, 0.717) is 30.8 Å². The van der Waals surface area contributed by atoms with E-state index in [-0.39, 0.29) is 11.7 Å². The van der Waals surface area contributed by atoms with Crippen LogP contribution in [-0.2, 0) is 0 Å². The van der Waals surface area contributed by atoms with Crippen LogP contribution in [0.5, 0.6) is 5.75 Å². The molecule has 0 amide bonds. The smallest absolute Gasteiger partial charge is 0.173 e. The third kappa shape index (κ3) is 1.92. The topological polar surface area (TPSA) is 50.1 Å². The van der Waals surface area contributed by atoms with Crippen molar-refractivity contribution in [2.24, 2.45) is 5.92 Å². The number of ether oxygens (including phenoxy) is 1. The number of carbonyl (C=O) groups excluding carboxylic acids is 1. The van der Waals surface area contributed by atoms with Crippen molar-refractivity contribution in [1.29, 1.82) is 5.26 Å². The lowest BCUT2D eigenvalue weighted by molar-refractivity contribution is 0.0822. The standard InChI is InChI=1S/C13H13NO2/c1-9-4-5-12-11(7-9)13(15)10(8-16-12)3-2-6-14/h4-5,7,10H,2-3,8H2,1H3. The van der Waals surface area contributed by atoms with Gasteiger partial charge in [0.25, 0.3) is 0 Å². The van der Waals surface area contributed by atoms with Crippen molar-refractivity contribution in [2.45, 2.75) is 19.8 Å². The number of Topliss-reactive ketones (excluding diaryl/α,β-unsaturated/α-hetero) is 1. The second-order valence-corrected chi connectivity index (χ2v) is 4.07. The van der Waals surface area contributed by atoms with Gasteiger partial charge in [-0.1, -0.05) is 11.6 Å². The molecule has 1 aromatic rings. The summed E-state index contributed by atoms with van der Waals surface area (Å²) < 4.78 is 5.53. The molecule has 0 aromatic heterocycles. The lowest BCUT2D eigenvalue weighted by Crippen LogP contribution is -2.27. The summed E-state index contributed by atoms with van der Waals surface area (Å²) in [6.07, 6.45) is 0.990. The van der Waals surface area contributed by atoms with Gasteiger partial charge in [-0.3, -0.25) is 4.79 Å². The average Bonchev–Trinajstić information content (AvgIpc) is 2.29. The van der Waals surface area contributed by atoms with E-state index in [9.17, 15) is 4.79 Å². The number of nitriles is 1. The lowest BCUT2D eigenvalue weighted by atomic mass is 9.91. The molecule has 1 aliphatic heterocycles. The number of hydrogen-bond donors (Lipinski definition) is 0. The van der Waals surface area contributed by atoms with Crippen molar-refractivity contribution >= 4 is 5.78 Å². The zero-order valence-corrected chi connectivity index (χ0v) is 9.19. The van der Waals surface area contributed by atoms with Gasteiger partial charge in [0, 0.05) is 6.42 Å². The second kappa shape index (κ2) is 4.36. The third-order valence-corrected chi connectivity index (χ3v) is 2.82. The Morgan fingerprint density at radius 2 is 2.38 bits per heavy atom. The maximum Gasteiger partial charge on any atom is 0.173 e. The van der Waals surface area contributed by atoms with Crippen LogP contribution < -0.4 is 4.74 Å². The van der Waals surface area contributed by atoms with E-state index in [4.69, 9.17) is 10.00 Å². The molecule has 82 valence electrons. The molecule has 0 aliphatic carbocycles. The van der Waals surface area contributed by atoms with E-state index in [1.54, 1.807) is 0 Å². The Kier molecular flexibility index (Phi) is 2.91. The molecule has 0 fully saturated rings. The van der Waals surface area contributed by atoms with Crippen molar-refractivity contribution in [1.82, 2.24) is 0 Å². The summed E-state index contributed by atoms with van der Waals surface area (Å²) in [4.78, 5) is 12.1. The van der Waals surface area contributed by atoms with E-state index in [1.165, 1.54) is 0 Å². The molecule has 3 heteroatoms. The molecule has 0 saturated carbocycles. The monoisotopic (exact) mass is 215 g/mol. The Morgan fingerprint density at radius 3 is 3.12 bits per heavy atom. The predicted octanol–water partition coefficient (Wildman–Crippen LogP) is 2.49. The van der Waals surface area contributed by atoms with Crippen molar-refractivity contribution in [3.05, 3.63) is 29.3 Å². The van der Waals surface area contributed by atoms with Gasteiger partial charge < -0.3 is 4.74 Å². The molecular formula is C13H13NO2.